The number of benzene rings is 9. The molecule has 0 N–H and O–H groups in total. The Hall–Kier alpha value is -6.44. The van der Waals surface area contributed by atoms with Crippen LogP contribution in [0.5, 0.6) is 0 Å². The van der Waals surface area contributed by atoms with Crippen molar-refractivity contribution in [1.82, 2.24) is 0 Å². The van der Waals surface area contributed by atoms with Gasteiger partial charge in [-0.2, -0.15) is 0 Å². The second-order valence-corrected chi connectivity index (χ2v) is 13.0. The fourth-order valence-corrected chi connectivity index (χ4v) is 7.45. The Kier molecular flexibility index (Phi) is 7.44. The van der Waals surface area contributed by atoms with E-state index in [0.717, 1.165) is 17.1 Å². The van der Waals surface area contributed by atoms with E-state index in [2.05, 4.69) is 206 Å². The minimum Gasteiger partial charge on any atom is -0.309 e. The molecule has 9 aromatic carbocycles. The molecule has 236 valence electrons. The van der Waals surface area contributed by atoms with Gasteiger partial charge in [-0.1, -0.05) is 164 Å². The van der Waals surface area contributed by atoms with Gasteiger partial charge in [-0.3, -0.25) is 0 Å². The summed E-state index contributed by atoms with van der Waals surface area (Å²) >= 11 is 0. The van der Waals surface area contributed by atoms with Gasteiger partial charge >= 0.3 is 0 Å². The van der Waals surface area contributed by atoms with E-state index in [0.29, 0.717) is 0 Å². The SMILES string of the molecule is C/C(=C/c1c2ccccc2cc2ccccc12)c1ccc(-c2ccc(N(c3cccc4ccccc34)c3cccc4ccccc34)cc2)cc1. The van der Waals surface area contributed by atoms with Crippen molar-refractivity contribution >= 4 is 71.8 Å². The molecule has 0 aromatic heterocycles. The lowest BCUT2D eigenvalue weighted by Gasteiger charge is -2.28. The van der Waals surface area contributed by atoms with Gasteiger partial charge in [-0.15, -0.1) is 0 Å². The molecule has 0 aliphatic rings. The van der Waals surface area contributed by atoms with Crippen LogP contribution in [0.25, 0.3) is 65.9 Å². The number of allylic oxidation sites excluding steroid dienone is 1. The summed E-state index contributed by atoms with van der Waals surface area (Å²) in [6.07, 6.45) is 2.35. The van der Waals surface area contributed by atoms with Gasteiger partial charge in [-0.25, -0.2) is 0 Å². The van der Waals surface area contributed by atoms with Crippen molar-refractivity contribution in [3.05, 3.63) is 199 Å². The van der Waals surface area contributed by atoms with Gasteiger partial charge in [0.25, 0.3) is 0 Å². The summed E-state index contributed by atoms with van der Waals surface area (Å²) in [7, 11) is 0. The fraction of sp³-hybridized carbons (Fsp3) is 0.0204. The quantitative estimate of drug-likeness (QED) is 0.130. The molecule has 0 unspecified atom stereocenters. The predicted molar refractivity (Wildman–Crippen MR) is 217 cm³/mol. The topological polar surface area (TPSA) is 3.24 Å². The van der Waals surface area contributed by atoms with Crippen molar-refractivity contribution in [2.24, 2.45) is 0 Å². The molecule has 0 amide bonds. The van der Waals surface area contributed by atoms with E-state index in [1.807, 2.05) is 0 Å². The van der Waals surface area contributed by atoms with Crippen LogP contribution in [0.3, 0.4) is 0 Å². The maximum absolute atomic E-state index is 2.41. The number of nitrogens with zero attached hydrogens (tertiary/aromatic N) is 1. The zero-order valence-corrected chi connectivity index (χ0v) is 27.9. The third kappa shape index (κ3) is 5.30. The van der Waals surface area contributed by atoms with Crippen molar-refractivity contribution in [3.8, 4) is 11.1 Å². The molecule has 0 atom stereocenters. The lowest BCUT2D eigenvalue weighted by Crippen LogP contribution is -2.11. The van der Waals surface area contributed by atoms with E-state index >= 15 is 0 Å². The lowest BCUT2D eigenvalue weighted by molar-refractivity contribution is 1.31. The van der Waals surface area contributed by atoms with Crippen LogP contribution in [0.1, 0.15) is 18.1 Å². The molecule has 50 heavy (non-hydrogen) atoms. The highest BCUT2D eigenvalue weighted by Gasteiger charge is 2.17. The zero-order valence-electron chi connectivity index (χ0n) is 27.9. The Balaban J connectivity index is 1.08. The molecule has 0 heterocycles. The van der Waals surface area contributed by atoms with Gasteiger partial charge < -0.3 is 4.90 Å². The highest BCUT2D eigenvalue weighted by atomic mass is 15.1. The molecular weight excluding hydrogens is 603 g/mol. The summed E-state index contributed by atoms with van der Waals surface area (Å²) in [6, 6.07) is 68.1. The first-order chi connectivity index (χ1) is 24.7. The molecule has 0 bridgehead atoms. The Labute approximate surface area is 293 Å². The van der Waals surface area contributed by atoms with Crippen molar-refractivity contribution in [2.45, 2.75) is 6.92 Å². The lowest BCUT2D eigenvalue weighted by atomic mass is 9.93. The Morgan fingerprint density at radius 2 is 0.820 bits per heavy atom. The van der Waals surface area contributed by atoms with Crippen LogP contribution in [0, 0.1) is 0 Å². The normalized spacial score (nSPS) is 11.8. The van der Waals surface area contributed by atoms with Crippen LogP contribution in [0.2, 0.25) is 0 Å². The molecule has 9 rings (SSSR count). The summed E-state index contributed by atoms with van der Waals surface area (Å²) in [6.45, 7) is 2.22. The van der Waals surface area contributed by atoms with Gasteiger partial charge in [0, 0.05) is 16.5 Å². The standard InChI is InChI=1S/C49H35N/c1-34(32-47-43-18-6-4-14-40(43)33-41-15-5-7-19-44(41)47)35-24-26-36(27-25-35)37-28-30-42(31-29-37)50(48-22-10-16-38-12-2-8-20-45(38)48)49-23-11-17-39-13-3-9-21-46(39)49/h2-33H,1H3/b34-32-. The summed E-state index contributed by atoms with van der Waals surface area (Å²) in [5.74, 6) is 0. The molecule has 0 spiro atoms. The van der Waals surface area contributed by atoms with Crippen LogP contribution >= 0.6 is 0 Å². The first-order valence-corrected chi connectivity index (χ1v) is 17.3. The number of anilines is 3. The van der Waals surface area contributed by atoms with Crippen molar-refractivity contribution in [1.29, 1.82) is 0 Å². The average molecular weight is 638 g/mol. The number of rotatable bonds is 6. The van der Waals surface area contributed by atoms with Gasteiger partial charge in [0.15, 0.2) is 0 Å². The van der Waals surface area contributed by atoms with Gasteiger partial charge in [-0.05, 0) is 97.4 Å². The average Bonchev–Trinajstić information content (AvgIpc) is 3.18. The molecule has 9 aromatic rings. The molecule has 0 saturated heterocycles. The van der Waals surface area contributed by atoms with Crippen molar-refractivity contribution in [2.75, 3.05) is 4.90 Å². The predicted octanol–water partition coefficient (Wildman–Crippen LogP) is 14.0. The fourth-order valence-electron chi connectivity index (χ4n) is 7.45. The highest BCUT2D eigenvalue weighted by molar-refractivity contribution is 6.09. The van der Waals surface area contributed by atoms with Gasteiger partial charge in [0.1, 0.15) is 0 Å². The molecule has 0 saturated carbocycles. The van der Waals surface area contributed by atoms with Crippen LogP contribution < -0.4 is 4.90 Å². The van der Waals surface area contributed by atoms with Gasteiger partial charge in [0.05, 0.1) is 11.4 Å². The van der Waals surface area contributed by atoms with E-state index in [-0.39, 0.29) is 0 Å². The molecule has 0 fully saturated rings. The maximum Gasteiger partial charge on any atom is 0.0540 e. The zero-order chi connectivity index (χ0) is 33.4. The summed E-state index contributed by atoms with van der Waals surface area (Å²) < 4.78 is 0. The second-order valence-electron chi connectivity index (χ2n) is 13.0. The maximum atomic E-state index is 2.41. The second kappa shape index (κ2) is 12.5. The van der Waals surface area contributed by atoms with Crippen molar-refractivity contribution in [3.63, 3.8) is 0 Å². The van der Waals surface area contributed by atoms with Crippen LogP contribution in [-0.4, -0.2) is 0 Å². The minimum absolute atomic E-state index is 1.12. The van der Waals surface area contributed by atoms with E-state index in [1.54, 1.807) is 0 Å². The summed E-state index contributed by atoms with van der Waals surface area (Å²) in [4.78, 5) is 2.41. The monoisotopic (exact) mass is 637 g/mol. The Morgan fingerprint density at radius 1 is 0.400 bits per heavy atom. The number of hydrogen-bond donors (Lipinski definition) is 0. The summed E-state index contributed by atoms with van der Waals surface area (Å²) in [5, 5.41) is 10.00. The molecule has 0 radical (unpaired) electrons. The Morgan fingerprint density at radius 3 is 1.34 bits per heavy atom. The Bertz CT molecular complexity index is 2550. The van der Waals surface area contributed by atoms with E-state index in [4.69, 9.17) is 0 Å². The van der Waals surface area contributed by atoms with Gasteiger partial charge in [0.2, 0.25) is 0 Å². The largest absolute Gasteiger partial charge is 0.309 e. The molecule has 1 nitrogen and oxygen atoms in total. The van der Waals surface area contributed by atoms with Crippen LogP contribution in [0.4, 0.5) is 17.1 Å². The number of fused-ring (bicyclic) bond motifs is 4. The molecule has 1 heteroatoms. The first kappa shape index (κ1) is 29.7. The van der Waals surface area contributed by atoms with Crippen molar-refractivity contribution < 1.29 is 0 Å². The van der Waals surface area contributed by atoms with Crippen LogP contribution in [0.15, 0.2) is 188 Å². The highest BCUT2D eigenvalue weighted by Crippen LogP contribution is 2.42. The third-order valence-corrected chi connectivity index (χ3v) is 9.99. The smallest absolute Gasteiger partial charge is 0.0540 e. The van der Waals surface area contributed by atoms with E-state index in [9.17, 15) is 0 Å². The number of hydrogen-bond acceptors (Lipinski definition) is 1. The summed E-state index contributed by atoms with van der Waals surface area (Å²) in [5.41, 5.74) is 9.59. The first-order valence-electron chi connectivity index (χ1n) is 17.3. The minimum atomic E-state index is 1.12. The van der Waals surface area contributed by atoms with E-state index < -0.39 is 0 Å². The van der Waals surface area contributed by atoms with Crippen LogP contribution in [-0.2, 0) is 0 Å². The molecular formula is C49H35N. The molecule has 0 aliphatic heterocycles. The molecule has 0 aliphatic carbocycles. The van der Waals surface area contributed by atoms with E-state index in [1.165, 1.54) is 70.9 Å². The third-order valence-electron chi connectivity index (χ3n) is 9.99.